The third-order valence-electron chi connectivity index (χ3n) is 2.98. The summed E-state index contributed by atoms with van der Waals surface area (Å²) in [5.74, 6) is -1.14. The molecule has 0 aliphatic carbocycles. The van der Waals surface area contributed by atoms with Crippen molar-refractivity contribution in [3.05, 3.63) is 51.9 Å². The molecule has 3 aromatic rings. The summed E-state index contributed by atoms with van der Waals surface area (Å²) in [5.41, 5.74) is 0.323. The number of rotatable bonds is 3. The van der Waals surface area contributed by atoms with E-state index in [1.807, 2.05) is 6.07 Å². The minimum Gasteiger partial charge on any atom is -0.825 e. The van der Waals surface area contributed by atoms with Gasteiger partial charge in [0.15, 0.2) is 10.7 Å². The van der Waals surface area contributed by atoms with Crippen molar-refractivity contribution in [1.82, 2.24) is 9.32 Å². The van der Waals surface area contributed by atoms with Crippen LogP contribution in [0.5, 0.6) is 0 Å². The van der Waals surface area contributed by atoms with Crippen LogP contribution in [0.1, 0.15) is 21.1 Å². The van der Waals surface area contributed by atoms with Crippen molar-refractivity contribution in [1.29, 1.82) is 5.26 Å². The zero-order valence-corrected chi connectivity index (χ0v) is 18.4. The number of fused-ring (bicyclic) bond motifs is 1. The van der Waals surface area contributed by atoms with Crippen LogP contribution < -0.4 is 68.9 Å². The topological polar surface area (TPSA) is 105 Å². The van der Waals surface area contributed by atoms with E-state index in [2.05, 4.69) is 4.98 Å². The number of halogens is 1. The standard InChI is InChI=1S/C13H5FN3O3PS.2Na/c14-7-1-2-11-9(3-7)10(5-17(11)21(19)20)12(18)13-16-8(4-15)6-22-13;;/h1-3,5-6H;;/q-2;2*+1. The molecule has 1 aromatic carbocycles. The first-order valence-electron chi connectivity index (χ1n) is 5.87. The van der Waals surface area contributed by atoms with Crippen molar-refractivity contribution in [2.24, 2.45) is 0 Å². The Bertz CT molecular complexity index is 938. The Morgan fingerprint density at radius 1 is 1.38 bits per heavy atom. The third-order valence-corrected chi connectivity index (χ3v) is 4.50. The first-order chi connectivity index (χ1) is 10.5. The average molecular weight is 379 g/mol. The van der Waals surface area contributed by atoms with Gasteiger partial charge in [0.05, 0.1) is 11.1 Å². The molecular weight excluding hydrogens is 374 g/mol. The fraction of sp³-hybridized carbons (Fsp3) is 0. The Morgan fingerprint density at radius 2 is 2.08 bits per heavy atom. The molecular formula is C13H5FN3Na2O3PS. The fourth-order valence-corrected chi connectivity index (χ4v) is 3.30. The molecule has 0 atom stereocenters. The molecule has 0 aliphatic rings. The predicted molar refractivity (Wildman–Crippen MR) is 74.5 cm³/mol. The van der Waals surface area contributed by atoms with Crippen LogP contribution in [0.2, 0.25) is 0 Å². The van der Waals surface area contributed by atoms with Gasteiger partial charge in [0, 0.05) is 17.0 Å². The van der Waals surface area contributed by atoms with E-state index in [1.165, 1.54) is 11.4 Å². The van der Waals surface area contributed by atoms with E-state index in [-0.39, 0.29) is 86.3 Å². The number of ketones is 1. The molecule has 0 N–H and O–H groups in total. The molecule has 0 amide bonds. The number of thiazole rings is 1. The smallest absolute Gasteiger partial charge is 0.825 e. The molecule has 2 heterocycles. The van der Waals surface area contributed by atoms with Gasteiger partial charge in [-0.1, -0.05) is 0 Å². The summed E-state index contributed by atoms with van der Waals surface area (Å²) in [5, 5.41) is 10.4. The van der Waals surface area contributed by atoms with Gasteiger partial charge in [-0.25, -0.2) is 9.37 Å². The molecule has 11 heteroatoms. The number of nitriles is 1. The summed E-state index contributed by atoms with van der Waals surface area (Å²) in [6, 6.07) is 5.30. The second-order valence-electron chi connectivity index (χ2n) is 4.27. The van der Waals surface area contributed by atoms with Gasteiger partial charge in [-0.2, -0.15) is 13.8 Å². The monoisotopic (exact) mass is 379 g/mol. The molecule has 0 bridgehead atoms. The first-order valence-corrected chi connectivity index (χ1v) is 7.88. The van der Waals surface area contributed by atoms with Crippen molar-refractivity contribution in [3.63, 3.8) is 0 Å². The molecule has 0 saturated heterocycles. The summed E-state index contributed by atoms with van der Waals surface area (Å²) >= 11 is 0.970. The van der Waals surface area contributed by atoms with Crippen molar-refractivity contribution in [3.8, 4) is 6.07 Å². The van der Waals surface area contributed by atoms with Crippen LogP contribution >= 0.6 is 19.9 Å². The van der Waals surface area contributed by atoms with E-state index >= 15 is 0 Å². The second-order valence-corrected chi connectivity index (χ2v) is 6.03. The second kappa shape index (κ2) is 8.97. The molecule has 0 radical (unpaired) electrons. The molecule has 0 saturated carbocycles. The van der Waals surface area contributed by atoms with Crippen LogP contribution in [0.15, 0.2) is 29.8 Å². The summed E-state index contributed by atoms with van der Waals surface area (Å²) < 4.78 is 14.3. The van der Waals surface area contributed by atoms with Crippen LogP contribution in [-0.4, -0.2) is 15.1 Å². The summed E-state index contributed by atoms with van der Waals surface area (Å²) in [6.07, 6.45) is 1.13. The van der Waals surface area contributed by atoms with Crippen LogP contribution in [-0.2, 0) is 0 Å². The van der Waals surface area contributed by atoms with Crippen molar-refractivity contribution in [2.75, 3.05) is 0 Å². The van der Waals surface area contributed by atoms with Gasteiger partial charge in [0.2, 0.25) is 5.78 Å². The number of hydrogen-bond acceptors (Lipinski definition) is 6. The molecule has 0 aliphatic heterocycles. The van der Waals surface area contributed by atoms with E-state index in [0.29, 0.717) is 0 Å². The van der Waals surface area contributed by atoms with Gasteiger partial charge in [-0.05, 0) is 18.2 Å². The van der Waals surface area contributed by atoms with Gasteiger partial charge < -0.3 is 14.1 Å². The molecule has 110 valence electrons. The molecule has 3 rings (SSSR count). The maximum Gasteiger partial charge on any atom is 1.00 e. The third kappa shape index (κ3) is 4.14. The Balaban J connectivity index is 0.00000144. The van der Waals surface area contributed by atoms with Crippen LogP contribution in [0.3, 0.4) is 0 Å². The van der Waals surface area contributed by atoms with Crippen molar-refractivity contribution >= 4 is 36.5 Å². The maximum absolute atomic E-state index is 13.4. The number of aromatic nitrogens is 2. The van der Waals surface area contributed by atoms with Crippen LogP contribution in [0, 0.1) is 17.1 Å². The Hall–Kier alpha value is -0.170. The molecule has 6 nitrogen and oxygen atoms in total. The minimum atomic E-state index is -3.00. The first kappa shape index (κ1) is 21.9. The quantitative estimate of drug-likeness (QED) is 0.258. The van der Waals surface area contributed by atoms with Gasteiger partial charge >= 0.3 is 59.1 Å². The van der Waals surface area contributed by atoms with Gasteiger partial charge in [-0.15, -0.1) is 11.3 Å². The zero-order valence-electron chi connectivity index (χ0n) is 12.7. The van der Waals surface area contributed by atoms with Gasteiger partial charge in [-0.3, -0.25) is 4.79 Å². The number of carbonyl (C=O) groups excluding carboxylic acids is 1. The molecule has 24 heavy (non-hydrogen) atoms. The van der Waals surface area contributed by atoms with Gasteiger partial charge in [0.1, 0.15) is 11.9 Å². The number of benzene rings is 1. The van der Waals surface area contributed by atoms with Crippen molar-refractivity contribution in [2.45, 2.75) is 0 Å². The Labute approximate surface area is 185 Å². The van der Waals surface area contributed by atoms with Gasteiger partial charge in [0.25, 0.3) is 0 Å². The van der Waals surface area contributed by atoms with Crippen LogP contribution in [0.4, 0.5) is 4.39 Å². The molecule has 0 unspecified atom stereocenters. The van der Waals surface area contributed by atoms with E-state index in [9.17, 15) is 19.0 Å². The molecule has 0 fully saturated rings. The number of carbonyl (C=O) groups is 1. The SMILES string of the molecule is N#Cc1csc(C(=O)c2cn(P([O-])[O-])c3ccc(F)cc23)n1.[Na+].[Na+]. The van der Waals surface area contributed by atoms with E-state index in [4.69, 9.17) is 5.26 Å². The fourth-order valence-electron chi connectivity index (χ4n) is 2.05. The average Bonchev–Trinajstić information content (AvgIpc) is 3.10. The summed E-state index contributed by atoms with van der Waals surface area (Å²) in [7, 11) is -3.00. The van der Waals surface area contributed by atoms with E-state index < -0.39 is 20.1 Å². The predicted octanol–water partition coefficient (Wildman–Crippen LogP) is -4.86. The Kier molecular flexibility index (Phi) is 8.17. The largest absolute Gasteiger partial charge is 1.00 e. The summed E-state index contributed by atoms with van der Waals surface area (Å²) in [6.45, 7) is 0. The summed E-state index contributed by atoms with van der Waals surface area (Å²) in [4.78, 5) is 38.8. The normalized spacial score (nSPS) is 10.1. The van der Waals surface area contributed by atoms with Crippen molar-refractivity contribution < 1.29 is 78.1 Å². The molecule has 0 spiro atoms. The zero-order chi connectivity index (χ0) is 15.9. The number of hydrogen-bond donors (Lipinski definition) is 0. The minimum absolute atomic E-state index is 0. The number of nitrogens with zero attached hydrogens (tertiary/aromatic N) is 3. The van der Waals surface area contributed by atoms with E-state index in [0.717, 1.165) is 34.0 Å². The van der Waals surface area contributed by atoms with Crippen LogP contribution in [0.25, 0.3) is 10.9 Å². The Morgan fingerprint density at radius 3 is 2.67 bits per heavy atom. The molecule has 2 aromatic heterocycles. The van der Waals surface area contributed by atoms with E-state index in [1.54, 1.807) is 0 Å². The maximum atomic E-state index is 13.4.